The Bertz CT molecular complexity index is 436. The Balaban J connectivity index is 2.20. The molecule has 0 amide bonds. The minimum absolute atomic E-state index is 0.108. The zero-order valence-corrected chi connectivity index (χ0v) is 12.9. The summed E-state index contributed by atoms with van der Waals surface area (Å²) in [6.07, 6.45) is 2.59. The van der Waals surface area contributed by atoms with Crippen molar-refractivity contribution in [3.05, 3.63) is 12.2 Å². The number of aromatic nitrogens is 3. The van der Waals surface area contributed by atoms with Crippen molar-refractivity contribution in [2.75, 3.05) is 0 Å². The van der Waals surface area contributed by atoms with Gasteiger partial charge < -0.3 is 10.1 Å². The normalized spacial score (nSPS) is 25.1. The predicted octanol–water partition coefficient (Wildman–Crippen LogP) is 2.29. The molecular formula is C14H26N4O. The molecule has 5 nitrogen and oxygen atoms in total. The van der Waals surface area contributed by atoms with Gasteiger partial charge >= 0.3 is 0 Å². The molecule has 1 aromatic heterocycles. The van der Waals surface area contributed by atoms with Gasteiger partial charge in [-0.25, -0.2) is 9.67 Å². The fraction of sp³-hybridized carbons (Fsp3) is 0.857. The first-order chi connectivity index (χ1) is 8.71. The minimum atomic E-state index is -0.218. The van der Waals surface area contributed by atoms with Gasteiger partial charge in [0.15, 0.2) is 0 Å². The average molecular weight is 266 g/mol. The van der Waals surface area contributed by atoms with E-state index in [-0.39, 0.29) is 17.2 Å². The lowest BCUT2D eigenvalue weighted by molar-refractivity contribution is -0.0740. The molecular weight excluding hydrogens is 240 g/mol. The summed E-state index contributed by atoms with van der Waals surface area (Å²) in [5.74, 6) is 0.980. The van der Waals surface area contributed by atoms with E-state index in [9.17, 15) is 0 Å². The monoisotopic (exact) mass is 266 g/mol. The van der Waals surface area contributed by atoms with E-state index >= 15 is 0 Å². The Morgan fingerprint density at radius 3 is 2.63 bits per heavy atom. The van der Waals surface area contributed by atoms with Gasteiger partial charge in [-0.1, -0.05) is 13.8 Å². The van der Waals surface area contributed by atoms with Crippen LogP contribution in [0.4, 0.5) is 0 Å². The van der Waals surface area contributed by atoms with Gasteiger partial charge in [0, 0.05) is 12.5 Å². The van der Waals surface area contributed by atoms with E-state index in [1.165, 1.54) is 0 Å². The Labute approximate surface area is 115 Å². The van der Waals surface area contributed by atoms with Crippen LogP contribution in [0, 0.1) is 0 Å². The van der Waals surface area contributed by atoms with Crippen LogP contribution in [-0.2, 0) is 11.3 Å². The fourth-order valence-corrected chi connectivity index (χ4v) is 2.87. The van der Waals surface area contributed by atoms with Crippen molar-refractivity contribution in [1.29, 1.82) is 0 Å². The van der Waals surface area contributed by atoms with Crippen molar-refractivity contribution < 1.29 is 4.74 Å². The lowest BCUT2D eigenvalue weighted by Gasteiger charge is -2.28. The van der Waals surface area contributed by atoms with Crippen LogP contribution in [0.15, 0.2) is 6.33 Å². The van der Waals surface area contributed by atoms with E-state index in [1.807, 2.05) is 4.68 Å². The second-order valence-electron chi connectivity index (χ2n) is 6.84. The zero-order chi connectivity index (χ0) is 14.3. The van der Waals surface area contributed by atoms with Crippen LogP contribution < -0.4 is 5.32 Å². The standard InChI is InChI=1S/C14H26N4O/c1-10(2)15-8-12-16-9-17-18(12)11-7-13(3,4)19-14(11,5)6/h9-11,15H,7-8H2,1-6H3. The summed E-state index contributed by atoms with van der Waals surface area (Å²) >= 11 is 0. The van der Waals surface area contributed by atoms with E-state index in [2.05, 4.69) is 56.9 Å². The van der Waals surface area contributed by atoms with Gasteiger partial charge in [-0.15, -0.1) is 0 Å². The highest BCUT2D eigenvalue weighted by atomic mass is 16.5. The van der Waals surface area contributed by atoms with Crippen molar-refractivity contribution in [2.24, 2.45) is 0 Å². The average Bonchev–Trinajstić information content (AvgIpc) is 2.76. The van der Waals surface area contributed by atoms with Crippen LogP contribution in [-0.4, -0.2) is 32.0 Å². The summed E-state index contributed by atoms with van der Waals surface area (Å²) in [5, 5.41) is 7.82. The van der Waals surface area contributed by atoms with E-state index < -0.39 is 0 Å². The molecule has 1 saturated heterocycles. The molecule has 1 atom stereocenters. The summed E-state index contributed by atoms with van der Waals surface area (Å²) in [7, 11) is 0. The van der Waals surface area contributed by atoms with Crippen LogP contribution in [0.2, 0.25) is 0 Å². The highest BCUT2D eigenvalue weighted by Crippen LogP contribution is 2.44. The number of rotatable bonds is 4. The first kappa shape index (κ1) is 14.5. The topological polar surface area (TPSA) is 52.0 Å². The molecule has 1 aliphatic rings. The number of hydrogen-bond acceptors (Lipinski definition) is 4. The summed E-state index contributed by atoms with van der Waals surface area (Å²) in [6.45, 7) is 13.5. The molecule has 5 heteroatoms. The molecule has 1 fully saturated rings. The van der Waals surface area contributed by atoms with Gasteiger partial charge in [0.05, 0.1) is 23.8 Å². The third kappa shape index (κ3) is 3.15. The van der Waals surface area contributed by atoms with Crippen LogP contribution in [0.1, 0.15) is 59.8 Å². The number of nitrogens with one attached hydrogen (secondary N) is 1. The smallest absolute Gasteiger partial charge is 0.141 e. The third-order valence-corrected chi connectivity index (χ3v) is 3.64. The van der Waals surface area contributed by atoms with E-state index in [0.29, 0.717) is 6.04 Å². The second kappa shape index (κ2) is 4.87. The predicted molar refractivity (Wildman–Crippen MR) is 74.9 cm³/mol. The number of nitrogens with zero attached hydrogens (tertiary/aromatic N) is 3. The lowest BCUT2D eigenvalue weighted by atomic mass is 9.94. The van der Waals surface area contributed by atoms with Crippen LogP contribution in [0.5, 0.6) is 0 Å². The maximum absolute atomic E-state index is 6.14. The number of hydrogen-bond donors (Lipinski definition) is 1. The van der Waals surface area contributed by atoms with Crippen molar-refractivity contribution in [2.45, 2.75) is 77.8 Å². The van der Waals surface area contributed by atoms with Crippen LogP contribution in [0.25, 0.3) is 0 Å². The molecule has 0 bridgehead atoms. The van der Waals surface area contributed by atoms with Gasteiger partial charge in [-0.3, -0.25) is 0 Å². The van der Waals surface area contributed by atoms with Crippen molar-refractivity contribution >= 4 is 0 Å². The molecule has 2 rings (SSSR count). The molecule has 1 aromatic rings. The third-order valence-electron chi connectivity index (χ3n) is 3.64. The van der Waals surface area contributed by atoms with Gasteiger partial charge in [-0.2, -0.15) is 5.10 Å². The lowest BCUT2D eigenvalue weighted by Crippen LogP contribution is -2.33. The summed E-state index contributed by atoms with van der Waals surface area (Å²) in [4.78, 5) is 4.38. The molecule has 2 heterocycles. The molecule has 0 aromatic carbocycles. The minimum Gasteiger partial charge on any atom is -0.367 e. The van der Waals surface area contributed by atoms with Crippen molar-refractivity contribution in [3.63, 3.8) is 0 Å². The maximum atomic E-state index is 6.14. The Morgan fingerprint density at radius 2 is 2.11 bits per heavy atom. The summed E-state index contributed by atoms with van der Waals surface area (Å²) < 4.78 is 8.18. The zero-order valence-electron chi connectivity index (χ0n) is 12.9. The fourth-order valence-electron chi connectivity index (χ4n) is 2.87. The SMILES string of the molecule is CC(C)NCc1ncnn1C1CC(C)(C)OC1(C)C. The molecule has 1 N–H and O–H groups in total. The Hall–Kier alpha value is -0.940. The van der Waals surface area contributed by atoms with Gasteiger partial charge in [-0.05, 0) is 27.7 Å². The second-order valence-corrected chi connectivity index (χ2v) is 6.84. The summed E-state index contributed by atoms with van der Waals surface area (Å²) in [5.41, 5.74) is -0.327. The highest BCUT2D eigenvalue weighted by molar-refractivity contribution is 5.01. The van der Waals surface area contributed by atoms with Gasteiger partial charge in [0.2, 0.25) is 0 Å². The number of ether oxygens (including phenoxy) is 1. The maximum Gasteiger partial charge on any atom is 0.141 e. The molecule has 0 aliphatic carbocycles. The Morgan fingerprint density at radius 1 is 1.42 bits per heavy atom. The molecule has 0 saturated carbocycles. The molecule has 108 valence electrons. The highest BCUT2D eigenvalue weighted by Gasteiger charge is 2.47. The first-order valence-corrected chi connectivity index (χ1v) is 7.03. The largest absolute Gasteiger partial charge is 0.367 e. The quantitative estimate of drug-likeness (QED) is 0.908. The van der Waals surface area contributed by atoms with E-state index in [4.69, 9.17) is 4.74 Å². The first-order valence-electron chi connectivity index (χ1n) is 7.03. The molecule has 1 aliphatic heterocycles. The van der Waals surface area contributed by atoms with Crippen molar-refractivity contribution in [1.82, 2.24) is 20.1 Å². The van der Waals surface area contributed by atoms with Gasteiger partial charge in [0.1, 0.15) is 12.2 Å². The summed E-state index contributed by atoms with van der Waals surface area (Å²) in [6, 6.07) is 0.670. The van der Waals surface area contributed by atoms with Crippen LogP contribution >= 0.6 is 0 Å². The van der Waals surface area contributed by atoms with Gasteiger partial charge in [0.25, 0.3) is 0 Å². The Kier molecular flexibility index (Phi) is 3.71. The van der Waals surface area contributed by atoms with E-state index in [0.717, 1.165) is 18.8 Å². The molecule has 0 spiro atoms. The van der Waals surface area contributed by atoms with Crippen molar-refractivity contribution in [3.8, 4) is 0 Å². The van der Waals surface area contributed by atoms with E-state index in [1.54, 1.807) is 6.33 Å². The molecule has 1 unspecified atom stereocenters. The molecule has 19 heavy (non-hydrogen) atoms. The van der Waals surface area contributed by atoms with Crippen LogP contribution in [0.3, 0.4) is 0 Å². The molecule has 0 radical (unpaired) electrons.